The van der Waals surface area contributed by atoms with Gasteiger partial charge in [-0.05, 0) is 18.9 Å². The molecular formula is C11H15FN2O. The number of hydrogen-bond donors (Lipinski definition) is 1. The molecule has 4 heteroatoms. The van der Waals surface area contributed by atoms with Gasteiger partial charge in [-0.1, -0.05) is 6.07 Å². The van der Waals surface area contributed by atoms with Crippen LogP contribution in [-0.2, 0) is 6.54 Å². The number of methoxy groups -OCH3 is 1. The predicted octanol–water partition coefficient (Wildman–Crippen LogP) is 1.68. The first-order valence-electron chi connectivity index (χ1n) is 5.16. The molecule has 1 aromatic heterocycles. The molecular weight excluding hydrogens is 195 g/mol. The molecule has 1 aliphatic rings. The van der Waals surface area contributed by atoms with E-state index in [0.29, 0.717) is 18.8 Å². The Bertz CT molecular complexity index is 332. The first-order valence-corrected chi connectivity index (χ1v) is 5.16. The lowest BCUT2D eigenvalue weighted by Gasteiger charge is -2.31. The summed E-state index contributed by atoms with van der Waals surface area (Å²) in [7, 11) is 1.59. The van der Waals surface area contributed by atoms with Gasteiger partial charge in [0.15, 0.2) is 0 Å². The van der Waals surface area contributed by atoms with E-state index >= 15 is 0 Å². The number of nitrogens with zero attached hydrogens (tertiary/aromatic N) is 1. The number of ether oxygens (including phenoxy) is 1. The van der Waals surface area contributed by atoms with Crippen LogP contribution in [0.1, 0.15) is 18.4 Å². The Kier molecular flexibility index (Phi) is 3.16. The molecule has 15 heavy (non-hydrogen) atoms. The third-order valence-electron chi connectivity index (χ3n) is 2.79. The Hall–Kier alpha value is -1.16. The molecule has 0 amide bonds. The second-order valence-corrected chi connectivity index (χ2v) is 3.75. The lowest BCUT2D eigenvalue weighted by atomic mass is 9.90. The number of aromatic nitrogens is 1. The van der Waals surface area contributed by atoms with Gasteiger partial charge < -0.3 is 10.1 Å². The summed E-state index contributed by atoms with van der Waals surface area (Å²) < 4.78 is 18.1. The maximum atomic E-state index is 13.0. The van der Waals surface area contributed by atoms with E-state index in [4.69, 9.17) is 4.74 Å². The first kappa shape index (κ1) is 10.4. The van der Waals surface area contributed by atoms with Crippen LogP contribution in [0.5, 0.6) is 5.88 Å². The van der Waals surface area contributed by atoms with Gasteiger partial charge in [0.2, 0.25) is 5.88 Å². The van der Waals surface area contributed by atoms with Gasteiger partial charge in [0.05, 0.1) is 7.11 Å². The van der Waals surface area contributed by atoms with Crippen molar-refractivity contribution in [1.29, 1.82) is 0 Å². The standard InChI is InChI=1S/C11H15FN2O/c1-15-11-8(3-2-6-13-11)7-14-10-5-4-9(10)12/h2-3,6,9-10,14H,4-5,7H2,1H3. The summed E-state index contributed by atoms with van der Waals surface area (Å²) in [5, 5.41) is 3.16. The molecule has 1 fully saturated rings. The van der Waals surface area contributed by atoms with Crippen LogP contribution >= 0.6 is 0 Å². The highest BCUT2D eigenvalue weighted by molar-refractivity contribution is 5.25. The summed E-state index contributed by atoms with van der Waals surface area (Å²) in [6, 6.07) is 3.80. The summed E-state index contributed by atoms with van der Waals surface area (Å²) in [5.41, 5.74) is 0.971. The molecule has 0 aromatic carbocycles. The summed E-state index contributed by atoms with van der Waals surface area (Å²) in [4.78, 5) is 4.08. The lowest BCUT2D eigenvalue weighted by Crippen LogP contribution is -2.45. The molecule has 0 aliphatic heterocycles. The Morgan fingerprint density at radius 1 is 1.60 bits per heavy atom. The van der Waals surface area contributed by atoms with E-state index in [1.807, 2.05) is 12.1 Å². The fourth-order valence-electron chi connectivity index (χ4n) is 1.67. The van der Waals surface area contributed by atoms with E-state index in [9.17, 15) is 4.39 Å². The molecule has 2 atom stereocenters. The van der Waals surface area contributed by atoms with Crippen LogP contribution in [0.4, 0.5) is 4.39 Å². The van der Waals surface area contributed by atoms with Crippen LogP contribution in [0.25, 0.3) is 0 Å². The molecule has 2 rings (SSSR count). The lowest BCUT2D eigenvalue weighted by molar-refractivity contribution is 0.141. The van der Waals surface area contributed by atoms with Crippen LogP contribution in [0, 0.1) is 0 Å². The van der Waals surface area contributed by atoms with Gasteiger partial charge in [-0.25, -0.2) is 9.37 Å². The van der Waals surface area contributed by atoms with Gasteiger partial charge >= 0.3 is 0 Å². The quantitative estimate of drug-likeness (QED) is 0.821. The molecule has 1 aliphatic carbocycles. The maximum absolute atomic E-state index is 13.0. The minimum Gasteiger partial charge on any atom is -0.481 e. The molecule has 1 aromatic rings. The minimum absolute atomic E-state index is 0.00918. The molecule has 0 bridgehead atoms. The average molecular weight is 210 g/mol. The molecule has 3 nitrogen and oxygen atoms in total. The molecule has 82 valence electrons. The van der Waals surface area contributed by atoms with Crippen LogP contribution in [0.3, 0.4) is 0 Å². The van der Waals surface area contributed by atoms with Crippen molar-refractivity contribution in [3.63, 3.8) is 0 Å². The fraction of sp³-hybridized carbons (Fsp3) is 0.545. The summed E-state index contributed by atoms with van der Waals surface area (Å²) in [6.45, 7) is 0.613. The summed E-state index contributed by atoms with van der Waals surface area (Å²) in [5.74, 6) is 0.611. The highest BCUT2D eigenvalue weighted by Crippen LogP contribution is 2.24. The zero-order valence-electron chi connectivity index (χ0n) is 8.74. The number of nitrogens with one attached hydrogen (secondary N) is 1. The van der Waals surface area contributed by atoms with E-state index in [-0.39, 0.29) is 6.04 Å². The van der Waals surface area contributed by atoms with E-state index in [2.05, 4.69) is 10.3 Å². The van der Waals surface area contributed by atoms with Crippen molar-refractivity contribution in [3.05, 3.63) is 23.9 Å². The van der Waals surface area contributed by atoms with Crippen molar-refractivity contribution in [1.82, 2.24) is 10.3 Å². The zero-order chi connectivity index (χ0) is 10.7. The molecule has 0 spiro atoms. The third-order valence-corrected chi connectivity index (χ3v) is 2.79. The SMILES string of the molecule is COc1ncccc1CNC1CCC1F. The van der Waals surface area contributed by atoms with Crippen LogP contribution in [0.15, 0.2) is 18.3 Å². The number of alkyl halides is 1. The van der Waals surface area contributed by atoms with E-state index < -0.39 is 6.17 Å². The Morgan fingerprint density at radius 2 is 2.47 bits per heavy atom. The van der Waals surface area contributed by atoms with E-state index in [0.717, 1.165) is 12.0 Å². The third kappa shape index (κ3) is 2.26. The number of hydrogen-bond acceptors (Lipinski definition) is 3. The number of pyridine rings is 1. The van der Waals surface area contributed by atoms with Crippen LogP contribution in [0.2, 0.25) is 0 Å². The van der Waals surface area contributed by atoms with Gasteiger partial charge in [0, 0.05) is 24.3 Å². The van der Waals surface area contributed by atoms with Gasteiger partial charge in [0.1, 0.15) is 6.17 Å². The normalized spacial score (nSPS) is 24.7. The number of halogens is 1. The van der Waals surface area contributed by atoms with Crippen molar-refractivity contribution in [3.8, 4) is 5.88 Å². The summed E-state index contributed by atoms with van der Waals surface area (Å²) >= 11 is 0. The Morgan fingerprint density at radius 3 is 3.07 bits per heavy atom. The van der Waals surface area contributed by atoms with Crippen LogP contribution < -0.4 is 10.1 Å². The number of rotatable bonds is 4. The van der Waals surface area contributed by atoms with Crippen molar-refractivity contribution >= 4 is 0 Å². The highest BCUT2D eigenvalue weighted by Gasteiger charge is 2.30. The van der Waals surface area contributed by atoms with E-state index in [1.165, 1.54) is 0 Å². The van der Waals surface area contributed by atoms with Crippen molar-refractivity contribution in [2.45, 2.75) is 31.6 Å². The van der Waals surface area contributed by atoms with Gasteiger partial charge in [0.25, 0.3) is 0 Å². The largest absolute Gasteiger partial charge is 0.481 e. The smallest absolute Gasteiger partial charge is 0.217 e. The monoisotopic (exact) mass is 210 g/mol. The molecule has 0 radical (unpaired) electrons. The highest BCUT2D eigenvalue weighted by atomic mass is 19.1. The topological polar surface area (TPSA) is 34.1 Å². The molecule has 1 heterocycles. The molecule has 0 saturated heterocycles. The summed E-state index contributed by atoms with van der Waals surface area (Å²) in [6.07, 6.45) is 2.60. The zero-order valence-corrected chi connectivity index (χ0v) is 8.74. The average Bonchev–Trinajstić information content (AvgIpc) is 2.28. The Labute approximate surface area is 88.7 Å². The van der Waals surface area contributed by atoms with Crippen molar-refractivity contribution in [2.75, 3.05) is 7.11 Å². The van der Waals surface area contributed by atoms with Gasteiger partial charge in [-0.3, -0.25) is 0 Å². The van der Waals surface area contributed by atoms with E-state index in [1.54, 1.807) is 13.3 Å². The second kappa shape index (κ2) is 4.57. The predicted molar refractivity (Wildman–Crippen MR) is 55.5 cm³/mol. The maximum Gasteiger partial charge on any atom is 0.217 e. The second-order valence-electron chi connectivity index (χ2n) is 3.75. The van der Waals surface area contributed by atoms with Gasteiger partial charge in [-0.2, -0.15) is 0 Å². The molecule has 2 unspecified atom stereocenters. The van der Waals surface area contributed by atoms with Gasteiger partial charge in [-0.15, -0.1) is 0 Å². The van der Waals surface area contributed by atoms with Crippen molar-refractivity contribution < 1.29 is 9.13 Å². The molecule has 1 saturated carbocycles. The Balaban J connectivity index is 1.92. The first-order chi connectivity index (χ1) is 7.31. The van der Waals surface area contributed by atoms with Crippen molar-refractivity contribution in [2.24, 2.45) is 0 Å². The molecule has 1 N–H and O–H groups in total. The fourth-order valence-corrected chi connectivity index (χ4v) is 1.67. The minimum atomic E-state index is -0.687. The van der Waals surface area contributed by atoms with Crippen LogP contribution in [-0.4, -0.2) is 24.3 Å².